The lowest BCUT2D eigenvalue weighted by Gasteiger charge is -2.23. The highest BCUT2D eigenvalue weighted by molar-refractivity contribution is 7.09. The van der Waals surface area contributed by atoms with Gasteiger partial charge in [0.25, 0.3) is 5.56 Å². The Morgan fingerprint density at radius 1 is 1.35 bits per heavy atom. The Hall–Kier alpha value is -2.19. The number of hydrogen-bond donors (Lipinski definition) is 1. The van der Waals surface area contributed by atoms with Crippen molar-refractivity contribution in [3.8, 4) is 0 Å². The van der Waals surface area contributed by atoms with E-state index in [2.05, 4.69) is 0 Å². The third-order valence-electron chi connectivity index (χ3n) is 3.98. The fourth-order valence-corrected chi connectivity index (χ4v) is 3.05. The third kappa shape index (κ3) is 3.13. The Kier molecular flexibility index (Phi) is 4.86. The molecule has 0 spiro atoms. The quantitative estimate of drug-likeness (QED) is 0.800. The van der Waals surface area contributed by atoms with E-state index in [-0.39, 0.29) is 11.4 Å². The number of nitrogens with two attached hydrogens (primary N) is 1. The van der Waals surface area contributed by atoms with E-state index in [1.54, 1.807) is 18.3 Å². The summed E-state index contributed by atoms with van der Waals surface area (Å²) < 4.78 is 2.01. The van der Waals surface area contributed by atoms with Crippen molar-refractivity contribution in [2.24, 2.45) is 14.1 Å². The number of nitrogen functional groups attached to an aromatic ring is 1. The summed E-state index contributed by atoms with van der Waals surface area (Å²) in [7, 11) is 4.58. The highest BCUT2D eigenvalue weighted by Gasteiger charge is 2.27. The van der Waals surface area contributed by atoms with Crippen molar-refractivity contribution in [3.63, 3.8) is 0 Å². The van der Waals surface area contributed by atoms with Crippen LogP contribution in [0.3, 0.4) is 0 Å². The molecule has 0 bridgehead atoms. The molecule has 2 rings (SSSR count). The van der Waals surface area contributed by atoms with Gasteiger partial charge < -0.3 is 5.73 Å². The summed E-state index contributed by atoms with van der Waals surface area (Å²) in [6, 6.07) is 3.39. The van der Waals surface area contributed by atoms with Crippen LogP contribution < -0.4 is 17.0 Å². The van der Waals surface area contributed by atoms with Crippen molar-refractivity contribution < 1.29 is 4.79 Å². The molecule has 2 heterocycles. The Balaban J connectivity index is 2.37. The maximum absolute atomic E-state index is 12.7. The number of carbonyl (C=O) groups excluding carboxylic acids is 1. The summed E-state index contributed by atoms with van der Waals surface area (Å²) in [5.41, 5.74) is 4.49. The molecule has 0 aliphatic heterocycles. The molecule has 7 nitrogen and oxygen atoms in total. The smallest absolute Gasteiger partial charge is 0.332 e. The zero-order valence-corrected chi connectivity index (χ0v) is 14.4. The van der Waals surface area contributed by atoms with Gasteiger partial charge in [0.05, 0.1) is 6.04 Å². The molecule has 0 saturated carbocycles. The number of Topliss-reactive ketones (excluding diaryl/α,β-unsaturated/α-hetero) is 1. The molecule has 0 aromatic carbocycles. The van der Waals surface area contributed by atoms with Gasteiger partial charge in [-0.05, 0) is 25.4 Å². The van der Waals surface area contributed by atoms with E-state index in [1.165, 1.54) is 14.1 Å². The number of rotatable bonds is 5. The van der Waals surface area contributed by atoms with Crippen LogP contribution in [0.25, 0.3) is 0 Å². The summed E-state index contributed by atoms with van der Waals surface area (Å²) in [6.45, 7) is 2.32. The minimum atomic E-state index is -0.660. The van der Waals surface area contributed by atoms with Gasteiger partial charge in [0.2, 0.25) is 0 Å². The zero-order valence-electron chi connectivity index (χ0n) is 13.6. The van der Waals surface area contributed by atoms with Crippen molar-refractivity contribution >= 4 is 22.9 Å². The maximum atomic E-state index is 12.7. The molecule has 1 atom stereocenters. The molecule has 0 saturated heterocycles. The average Bonchev–Trinajstić information content (AvgIpc) is 3.03. The topological polar surface area (TPSA) is 90.3 Å². The van der Waals surface area contributed by atoms with Crippen LogP contribution in [0, 0.1) is 0 Å². The summed E-state index contributed by atoms with van der Waals surface area (Å²) in [4.78, 5) is 39.8. The minimum absolute atomic E-state index is 0.0977. The fourth-order valence-electron chi connectivity index (χ4n) is 2.29. The van der Waals surface area contributed by atoms with Gasteiger partial charge in [0.15, 0.2) is 5.78 Å². The standard InChI is InChI=1S/C15H20N4O3S/c1-9(17(2)8-10-6-5-7-23-10)12(20)11-13(16)18(3)15(22)19(4)14(11)21/h5-7,9H,8,16H2,1-4H3/t9-/m0/s1. The number of hydrogen-bond acceptors (Lipinski definition) is 6. The van der Waals surface area contributed by atoms with Crippen LogP contribution in [0.2, 0.25) is 0 Å². The lowest BCUT2D eigenvalue weighted by molar-refractivity contribution is 0.0861. The van der Waals surface area contributed by atoms with Gasteiger partial charge >= 0.3 is 5.69 Å². The number of nitrogens with zero attached hydrogens (tertiary/aromatic N) is 3. The second-order valence-electron chi connectivity index (χ2n) is 5.50. The van der Waals surface area contributed by atoms with E-state index in [4.69, 9.17) is 5.73 Å². The van der Waals surface area contributed by atoms with Gasteiger partial charge in [0, 0.05) is 25.5 Å². The summed E-state index contributed by atoms with van der Waals surface area (Å²) >= 11 is 1.60. The maximum Gasteiger partial charge on any atom is 0.332 e. The second kappa shape index (κ2) is 6.51. The Labute approximate surface area is 137 Å². The molecule has 0 radical (unpaired) electrons. The molecule has 0 fully saturated rings. The molecular formula is C15H20N4O3S. The normalized spacial score (nSPS) is 12.6. The molecule has 0 aliphatic rings. The Morgan fingerprint density at radius 2 is 2.00 bits per heavy atom. The van der Waals surface area contributed by atoms with Crippen LogP contribution in [-0.4, -0.2) is 32.9 Å². The Bertz CT molecular complexity index is 836. The monoisotopic (exact) mass is 336 g/mol. The number of carbonyl (C=O) groups is 1. The van der Waals surface area contributed by atoms with Gasteiger partial charge in [-0.15, -0.1) is 11.3 Å². The van der Waals surface area contributed by atoms with Crippen molar-refractivity contribution in [2.45, 2.75) is 19.5 Å². The van der Waals surface area contributed by atoms with Gasteiger partial charge in [-0.1, -0.05) is 6.07 Å². The van der Waals surface area contributed by atoms with E-state index < -0.39 is 23.1 Å². The number of thiophene rings is 1. The predicted molar refractivity (Wildman–Crippen MR) is 90.9 cm³/mol. The minimum Gasteiger partial charge on any atom is -0.384 e. The number of anilines is 1. The van der Waals surface area contributed by atoms with Gasteiger partial charge in [0.1, 0.15) is 11.4 Å². The highest BCUT2D eigenvalue weighted by Crippen LogP contribution is 2.15. The number of likely N-dealkylation sites (N-methyl/N-ethyl adjacent to an activating group) is 1. The number of aromatic nitrogens is 2. The van der Waals surface area contributed by atoms with E-state index in [0.29, 0.717) is 6.54 Å². The highest BCUT2D eigenvalue weighted by atomic mass is 32.1. The van der Waals surface area contributed by atoms with Crippen LogP contribution in [0.5, 0.6) is 0 Å². The SMILES string of the molecule is C[C@@H](C(=O)c1c(N)n(C)c(=O)n(C)c1=O)N(C)Cc1cccs1. The van der Waals surface area contributed by atoms with Gasteiger partial charge in [-0.3, -0.25) is 23.6 Å². The van der Waals surface area contributed by atoms with Gasteiger partial charge in [-0.25, -0.2) is 4.79 Å². The van der Waals surface area contributed by atoms with E-state index in [1.807, 2.05) is 29.5 Å². The molecule has 0 amide bonds. The van der Waals surface area contributed by atoms with Crippen LogP contribution >= 0.6 is 11.3 Å². The van der Waals surface area contributed by atoms with Crippen molar-refractivity contribution in [1.29, 1.82) is 0 Å². The van der Waals surface area contributed by atoms with Crippen LogP contribution in [0.1, 0.15) is 22.2 Å². The summed E-state index contributed by atoms with van der Waals surface area (Å²) in [5, 5.41) is 1.97. The molecule has 124 valence electrons. The molecule has 8 heteroatoms. The first-order valence-corrected chi connectivity index (χ1v) is 7.96. The summed E-state index contributed by atoms with van der Waals surface area (Å²) in [6.07, 6.45) is 0. The molecule has 0 aliphatic carbocycles. The van der Waals surface area contributed by atoms with Crippen molar-refractivity contribution in [1.82, 2.24) is 14.0 Å². The van der Waals surface area contributed by atoms with Gasteiger partial charge in [-0.2, -0.15) is 0 Å². The molecule has 2 aromatic heterocycles. The van der Waals surface area contributed by atoms with Crippen LogP contribution in [0.15, 0.2) is 27.1 Å². The predicted octanol–water partition coefficient (Wildman–Crippen LogP) is 0.431. The number of ketones is 1. The van der Waals surface area contributed by atoms with E-state index >= 15 is 0 Å². The van der Waals surface area contributed by atoms with E-state index in [9.17, 15) is 14.4 Å². The average molecular weight is 336 g/mol. The van der Waals surface area contributed by atoms with Crippen molar-refractivity contribution in [3.05, 3.63) is 48.8 Å². The lowest BCUT2D eigenvalue weighted by atomic mass is 10.1. The van der Waals surface area contributed by atoms with E-state index in [0.717, 1.165) is 14.0 Å². The molecule has 23 heavy (non-hydrogen) atoms. The molecule has 0 unspecified atom stereocenters. The zero-order chi connectivity index (χ0) is 17.3. The van der Waals surface area contributed by atoms with Crippen LogP contribution in [0.4, 0.5) is 5.82 Å². The first-order valence-electron chi connectivity index (χ1n) is 7.08. The second-order valence-corrected chi connectivity index (χ2v) is 6.53. The third-order valence-corrected chi connectivity index (χ3v) is 4.84. The first-order chi connectivity index (χ1) is 10.8. The van der Waals surface area contributed by atoms with Crippen molar-refractivity contribution in [2.75, 3.05) is 12.8 Å². The lowest BCUT2D eigenvalue weighted by Crippen LogP contribution is -2.45. The molecular weight excluding hydrogens is 316 g/mol. The molecule has 2 N–H and O–H groups in total. The largest absolute Gasteiger partial charge is 0.384 e. The fraction of sp³-hybridized carbons (Fsp3) is 0.400. The molecule has 2 aromatic rings. The first kappa shape index (κ1) is 17.2. The van der Waals surface area contributed by atoms with Crippen LogP contribution in [-0.2, 0) is 20.6 Å². The Morgan fingerprint density at radius 3 is 2.57 bits per heavy atom. The summed E-state index contributed by atoms with van der Waals surface area (Å²) in [5.74, 6) is -0.489.